The number of carbonyl (C=O) groups excluding carboxylic acids is 1. The van der Waals surface area contributed by atoms with Crippen molar-refractivity contribution in [2.24, 2.45) is 5.92 Å². The lowest BCUT2D eigenvalue weighted by atomic mass is 9.88. The van der Waals surface area contributed by atoms with Gasteiger partial charge in [0, 0.05) is 18.1 Å². The second kappa shape index (κ2) is 8.37. The molecule has 1 heterocycles. The first-order valence-electron chi connectivity index (χ1n) is 8.86. The smallest absolute Gasteiger partial charge is 0.335 e. The SMILES string of the molecule is O=C(O)c1ccccc1CC1CCN(C(=O)Cc2cccc(Cl)c2)CC1. The van der Waals surface area contributed by atoms with Gasteiger partial charge >= 0.3 is 5.97 Å². The predicted octanol–water partition coefficient (Wildman–Crippen LogP) is 4.06. The van der Waals surface area contributed by atoms with Gasteiger partial charge in [-0.05, 0) is 54.5 Å². The van der Waals surface area contributed by atoms with Crippen LogP contribution < -0.4 is 0 Å². The molecule has 0 unspecified atom stereocenters. The molecule has 4 nitrogen and oxygen atoms in total. The zero-order valence-corrected chi connectivity index (χ0v) is 15.3. The van der Waals surface area contributed by atoms with Crippen molar-refractivity contribution in [1.29, 1.82) is 0 Å². The molecule has 0 atom stereocenters. The van der Waals surface area contributed by atoms with Crippen LogP contribution in [0.25, 0.3) is 0 Å². The van der Waals surface area contributed by atoms with E-state index in [1.807, 2.05) is 35.2 Å². The van der Waals surface area contributed by atoms with Gasteiger partial charge in [-0.25, -0.2) is 4.79 Å². The fourth-order valence-corrected chi connectivity index (χ4v) is 3.75. The maximum Gasteiger partial charge on any atom is 0.335 e. The molecular formula is C21H22ClNO3. The van der Waals surface area contributed by atoms with E-state index in [1.165, 1.54) is 0 Å². The fourth-order valence-electron chi connectivity index (χ4n) is 3.54. The molecule has 0 aliphatic carbocycles. The van der Waals surface area contributed by atoms with E-state index in [9.17, 15) is 14.7 Å². The van der Waals surface area contributed by atoms with Gasteiger partial charge < -0.3 is 10.0 Å². The van der Waals surface area contributed by atoms with Crippen molar-refractivity contribution >= 4 is 23.5 Å². The van der Waals surface area contributed by atoms with Gasteiger partial charge in [-0.2, -0.15) is 0 Å². The summed E-state index contributed by atoms with van der Waals surface area (Å²) in [6.45, 7) is 1.44. The molecule has 1 N–H and O–H groups in total. The Labute approximate surface area is 158 Å². The van der Waals surface area contributed by atoms with Gasteiger partial charge in [-0.1, -0.05) is 41.9 Å². The van der Waals surface area contributed by atoms with Crippen LogP contribution in [0.3, 0.4) is 0 Å². The van der Waals surface area contributed by atoms with E-state index in [0.717, 1.165) is 43.5 Å². The molecule has 0 spiro atoms. The summed E-state index contributed by atoms with van der Waals surface area (Å²) < 4.78 is 0. The van der Waals surface area contributed by atoms with Crippen LogP contribution in [-0.4, -0.2) is 35.0 Å². The van der Waals surface area contributed by atoms with Crippen LogP contribution in [0, 0.1) is 5.92 Å². The fraction of sp³-hybridized carbons (Fsp3) is 0.333. The number of carbonyl (C=O) groups is 2. The Balaban J connectivity index is 1.54. The highest BCUT2D eigenvalue weighted by Gasteiger charge is 2.24. The Morgan fingerprint density at radius 3 is 2.50 bits per heavy atom. The number of halogens is 1. The monoisotopic (exact) mass is 371 g/mol. The molecule has 5 heteroatoms. The van der Waals surface area contributed by atoms with Gasteiger partial charge in [0.1, 0.15) is 0 Å². The summed E-state index contributed by atoms with van der Waals surface area (Å²) in [5, 5.41) is 9.95. The predicted molar refractivity (Wildman–Crippen MR) is 102 cm³/mol. The van der Waals surface area contributed by atoms with Crippen LogP contribution in [-0.2, 0) is 17.6 Å². The average molecular weight is 372 g/mol. The first kappa shape index (κ1) is 18.5. The summed E-state index contributed by atoms with van der Waals surface area (Å²) in [5.74, 6) is -0.350. The van der Waals surface area contributed by atoms with Gasteiger partial charge in [0.25, 0.3) is 0 Å². The molecule has 1 aliphatic rings. The van der Waals surface area contributed by atoms with Crippen LogP contribution in [0.4, 0.5) is 0 Å². The highest BCUT2D eigenvalue weighted by atomic mass is 35.5. The second-order valence-electron chi connectivity index (χ2n) is 6.80. The van der Waals surface area contributed by atoms with Crippen LogP contribution in [0.5, 0.6) is 0 Å². The van der Waals surface area contributed by atoms with Gasteiger partial charge in [0.15, 0.2) is 0 Å². The number of likely N-dealkylation sites (tertiary alicyclic amines) is 1. The highest BCUT2D eigenvalue weighted by Crippen LogP contribution is 2.24. The largest absolute Gasteiger partial charge is 0.478 e. The lowest BCUT2D eigenvalue weighted by Crippen LogP contribution is -2.39. The van der Waals surface area contributed by atoms with E-state index in [1.54, 1.807) is 18.2 Å². The third kappa shape index (κ3) is 4.64. The number of carboxylic acid groups (broad SMARTS) is 1. The van der Waals surface area contributed by atoms with E-state index in [-0.39, 0.29) is 5.91 Å². The van der Waals surface area contributed by atoms with Crippen molar-refractivity contribution < 1.29 is 14.7 Å². The van der Waals surface area contributed by atoms with Crippen molar-refractivity contribution in [2.45, 2.75) is 25.7 Å². The van der Waals surface area contributed by atoms with Crippen LogP contribution in [0.15, 0.2) is 48.5 Å². The molecule has 1 aliphatic heterocycles. The molecule has 0 radical (unpaired) electrons. The zero-order chi connectivity index (χ0) is 18.5. The van der Waals surface area contributed by atoms with Gasteiger partial charge in [0.05, 0.1) is 12.0 Å². The Morgan fingerprint density at radius 1 is 1.08 bits per heavy atom. The third-order valence-corrected chi connectivity index (χ3v) is 5.20. The highest BCUT2D eigenvalue weighted by molar-refractivity contribution is 6.30. The average Bonchev–Trinajstić information content (AvgIpc) is 2.62. The van der Waals surface area contributed by atoms with Crippen molar-refractivity contribution in [2.75, 3.05) is 13.1 Å². The molecule has 1 fully saturated rings. The molecule has 1 amide bonds. The maximum atomic E-state index is 12.5. The Hall–Kier alpha value is -2.33. The topological polar surface area (TPSA) is 57.6 Å². The van der Waals surface area contributed by atoms with Crippen molar-refractivity contribution in [3.8, 4) is 0 Å². The molecule has 0 saturated carbocycles. The molecule has 26 heavy (non-hydrogen) atoms. The van der Waals surface area contributed by atoms with Crippen LogP contribution in [0.2, 0.25) is 5.02 Å². The number of piperidine rings is 1. The lowest BCUT2D eigenvalue weighted by molar-refractivity contribution is -0.131. The molecule has 2 aromatic rings. The number of nitrogens with zero attached hydrogens (tertiary/aromatic N) is 1. The van der Waals surface area contributed by atoms with Crippen molar-refractivity contribution in [1.82, 2.24) is 4.90 Å². The summed E-state index contributed by atoms with van der Waals surface area (Å²) in [7, 11) is 0. The standard InChI is InChI=1S/C21H22ClNO3/c22-18-6-3-4-16(13-18)14-20(24)23-10-8-15(9-11-23)12-17-5-1-2-7-19(17)21(25)26/h1-7,13,15H,8-12,14H2,(H,25,26). The molecule has 1 saturated heterocycles. The lowest BCUT2D eigenvalue weighted by Gasteiger charge is -2.32. The summed E-state index contributed by atoms with van der Waals surface area (Å²) in [6, 6.07) is 14.6. The summed E-state index contributed by atoms with van der Waals surface area (Å²) in [5.41, 5.74) is 2.19. The molecule has 0 bridgehead atoms. The van der Waals surface area contributed by atoms with E-state index in [4.69, 9.17) is 11.6 Å². The normalized spacial score (nSPS) is 15.0. The van der Waals surface area contributed by atoms with Crippen molar-refractivity contribution in [3.05, 3.63) is 70.2 Å². The molecule has 2 aromatic carbocycles. The molecule has 0 aromatic heterocycles. The van der Waals surface area contributed by atoms with Crippen LogP contribution in [0.1, 0.15) is 34.3 Å². The van der Waals surface area contributed by atoms with E-state index < -0.39 is 5.97 Å². The van der Waals surface area contributed by atoms with Gasteiger partial charge in [0.2, 0.25) is 5.91 Å². The number of hydrogen-bond acceptors (Lipinski definition) is 2. The summed E-state index contributed by atoms with van der Waals surface area (Å²) >= 11 is 5.98. The first-order valence-corrected chi connectivity index (χ1v) is 9.24. The second-order valence-corrected chi connectivity index (χ2v) is 7.23. The van der Waals surface area contributed by atoms with Gasteiger partial charge in [-0.15, -0.1) is 0 Å². The van der Waals surface area contributed by atoms with E-state index in [0.29, 0.717) is 22.9 Å². The number of hydrogen-bond donors (Lipinski definition) is 1. The minimum absolute atomic E-state index is 0.122. The van der Waals surface area contributed by atoms with E-state index in [2.05, 4.69) is 0 Å². The number of amides is 1. The van der Waals surface area contributed by atoms with Crippen LogP contribution >= 0.6 is 11.6 Å². The third-order valence-electron chi connectivity index (χ3n) is 4.97. The molecule has 3 rings (SSSR count). The first-order chi connectivity index (χ1) is 12.5. The Morgan fingerprint density at radius 2 is 1.81 bits per heavy atom. The van der Waals surface area contributed by atoms with Crippen molar-refractivity contribution in [3.63, 3.8) is 0 Å². The molecular weight excluding hydrogens is 350 g/mol. The number of benzene rings is 2. The van der Waals surface area contributed by atoms with Gasteiger partial charge in [-0.3, -0.25) is 4.79 Å². The Kier molecular flexibility index (Phi) is 5.94. The zero-order valence-electron chi connectivity index (χ0n) is 14.5. The molecule has 136 valence electrons. The quantitative estimate of drug-likeness (QED) is 0.862. The summed E-state index contributed by atoms with van der Waals surface area (Å²) in [6.07, 6.45) is 2.91. The minimum Gasteiger partial charge on any atom is -0.478 e. The Bertz CT molecular complexity index is 797. The summed E-state index contributed by atoms with van der Waals surface area (Å²) in [4.78, 5) is 25.7. The number of aromatic carboxylic acids is 1. The number of rotatable bonds is 5. The minimum atomic E-state index is -0.880. The number of carboxylic acids is 1. The maximum absolute atomic E-state index is 12.5. The van der Waals surface area contributed by atoms with E-state index >= 15 is 0 Å².